The zero-order valence-electron chi connectivity index (χ0n) is 8.66. The van der Waals surface area contributed by atoms with Gasteiger partial charge in [0.1, 0.15) is 5.75 Å². The van der Waals surface area contributed by atoms with Gasteiger partial charge in [-0.3, -0.25) is 0 Å². The van der Waals surface area contributed by atoms with Crippen molar-refractivity contribution in [2.75, 3.05) is 19.8 Å². The van der Waals surface area contributed by atoms with Crippen molar-refractivity contribution in [3.63, 3.8) is 0 Å². The van der Waals surface area contributed by atoms with Crippen molar-refractivity contribution in [3.05, 3.63) is 29.8 Å². The van der Waals surface area contributed by atoms with Gasteiger partial charge in [-0.1, -0.05) is 18.2 Å². The summed E-state index contributed by atoms with van der Waals surface area (Å²) in [5.41, 5.74) is 0.711. The molecular weight excluding hydrogens is 216 g/mol. The fourth-order valence-corrected chi connectivity index (χ4v) is 1.74. The molecule has 0 radical (unpaired) electrons. The Bertz CT molecular complexity index is 341. The maximum absolute atomic E-state index is 12.2. The summed E-state index contributed by atoms with van der Waals surface area (Å²) in [7, 11) is 0. The number of para-hydroxylation sites is 1. The zero-order chi connectivity index (χ0) is 11.4. The molecule has 0 aliphatic carbocycles. The van der Waals surface area contributed by atoms with Gasteiger partial charge < -0.3 is 14.8 Å². The van der Waals surface area contributed by atoms with E-state index in [-0.39, 0.29) is 11.8 Å². The van der Waals surface area contributed by atoms with Crippen molar-refractivity contribution >= 4 is 0 Å². The van der Waals surface area contributed by atoms with Crippen LogP contribution in [0.4, 0.5) is 8.78 Å². The van der Waals surface area contributed by atoms with Gasteiger partial charge in [0.2, 0.25) is 0 Å². The third-order valence-corrected chi connectivity index (χ3v) is 2.43. The molecule has 1 saturated heterocycles. The van der Waals surface area contributed by atoms with E-state index in [1.54, 1.807) is 18.2 Å². The van der Waals surface area contributed by atoms with Gasteiger partial charge in [0.05, 0.1) is 19.3 Å². The Balaban J connectivity index is 2.17. The number of morpholine rings is 1. The normalized spacial score (nSPS) is 21.1. The molecule has 5 heteroatoms. The number of rotatable bonds is 3. The van der Waals surface area contributed by atoms with Crippen LogP contribution in [0.1, 0.15) is 11.6 Å². The van der Waals surface area contributed by atoms with E-state index in [1.807, 2.05) is 0 Å². The SMILES string of the molecule is FC(F)Oc1ccccc1C1COCCN1. The number of halogens is 2. The van der Waals surface area contributed by atoms with E-state index >= 15 is 0 Å². The summed E-state index contributed by atoms with van der Waals surface area (Å²) in [6.45, 7) is -0.961. The van der Waals surface area contributed by atoms with Gasteiger partial charge in [-0.25, -0.2) is 0 Å². The van der Waals surface area contributed by atoms with E-state index in [0.29, 0.717) is 25.3 Å². The number of hydrogen-bond acceptors (Lipinski definition) is 3. The third kappa shape index (κ3) is 2.68. The standard InChI is InChI=1S/C11H13F2NO2/c12-11(13)16-10-4-2-1-3-8(10)9-7-15-6-5-14-9/h1-4,9,11,14H,5-7H2. The lowest BCUT2D eigenvalue weighted by Crippen LogP contribution is -2.34. The minimum Gasteiger partial charge on any atom is -0.434 e. The number of nitrogens with one attached hydrogen (secondary N) is 1. The summed E-state index contributed by atoms with van der Waals surface area (Å²) in [6, 6.07) is 6.69. The van der Waals surface area contributed by atoms with Crippen LogP contribution in [0.15, 0.2) is 24.3 Å². The molecule has 0 bridgehead atoms. The Morgan fingerprint density at radius 1 is 1.38 bits per heavy atom. The second-order valence-electron chi connectivity index (χ2n) is 3.50. The van der Waals surface area contributed by atoms with E-state index in [1.165, 1.54) is 6.07 Å². The molecule has 1 unspecified atom stereocenters. The minimum atomic E-state index is -2.80. The Morgan fingerprint density at radius 2 is 2.19 bits per heavy atom. The molecule has 1 aliphatic heterocycles. The van der Waals surface area contributed by atoms with Gasteiger partial charge in [-0.15, -0.1) is 0 Å². The van der Waals surface area contributed by atoms with Gasteiger partial charge in [-0.05, 0) is 6.07 Å². The first-order valence-electron chi connectivity index (χ1n) is 5.12. The first kappa shape index (κ1) is 11.3. The topological polar surface area (TPSA) is 30.5 Å². The van der Waals surface area contributed by atoms with Crippen LogP contribution in [0, 0.1) is 0 Å². The van der Waals surface area contributed by atoms with E-state index in [2.05, 4.69) is 10.1 Å². The monoisotopic (exact) mass is 229 g/mol. The highest BCUT2D eigenvalue weighted by Gasteiger charge is 2.20. The van der Waals surface area contributed by atoms with Crippen molar-refractivity contribution in [1.82, 2.24) is 5.32 Å². The maximum Gasteiger partial charge on any atom is 0.387 e. The van der Waals surface area contributed by atoms with Crippen LogP contribution >= 0.6 is 0 Å². The lowest BCUT2D eigenvalue weighted by Gasteiger charge is -2.25. The van der Waals surface area contributed by atoms with Crippen molar-refractivity contribution < 1.29 is 18.3 Å². The molecule has 3 nitrogen and oxygen atoms in total. The lowest BCUT2D eigenvalue weighted by molar-refractivity contribution is -0.0512. The summed E-state index contributed by atoms with van der Waals surface area (Å²) in [6.07, 6.45) is 0. The van der Waals surface area contributed by atoms with Crippen molar-refractivity contribution in [3.8, 4) is 5.75 Å². The Morgan fingerprint density at radius 3 is 2.88 bits per heavy atom. The second kappa shape index (κ2) is 5.23. The number of ether oxygens (including phenoxy) is 2. The minimum absolute atomic E-state index is 0.0799. The van der Waals surface area contributed by atoms with Crippen molar-refractivity contribution in [1.29, 1.82) is 0 Å². The molecule has 88 valence electrons. The average molecular weight is 229 g/mol. The third-order valence-electron chi connectivity index (χ3n) is 2.43. The molecular formula is C11H13F2NO2. The molecule has 1 aromatic carbocycles. The molecule has 16 heavy (non-hydrogen) atoms. The largest absolute Gasteiger partial charge is 0.434 e. The van der Waals surface area contributed by atoms with Gasteiger partial charge in [0, 0.05) is 12.1 Å². The summed E-state index contributed by atoms with van der Waals surface area (Å²) >= 11 is 0. The average Bonchev–Trinajstić information content (AvgIpc) is 2.30. The van der Waals surface area contributed by atoms with Crippen LogP contribution < -0.4 is 10.1 Å². The van der Waals surface area contributed by atoms with Crippen molar-refractivity contribution in [2.24, 2.45) is 0 Å². The first-order valence-corrected chi connectivity index (χ1v) is 5.12. The van der Waals surface area contributed by atoms with E-state index in [0.717, 1.165) is 0 Å². The maximum atomic E-state index is 12.2. The van der Waals surface area contributed by atoms with Gasteiger partial charge >= 0.3 is 6.61 Å². The van der Waals surface area contributed by atoms with E-state index in [4.69, 9.17) is 4.74 Å². The Labute approximate surface area is 92.4 Å². The Hall–Kier alpha value is -1.20. The van der Waals surface area contributed by atoms with Crippen LogP contribution in [-0.4, -0.2) is 26.4 Å². The molecule has 1 fully saturated rings. The van der Waals surface area contributed by atoms with Gasteiger partial charge in [0.15, 0.2) is 0 Å². The molecule has 1 N–H and O–H groups in total. The number of hydrogen-bond donors (Lipinski definition) is 1. The zero-order valence-corrected chi connectivity index (χ0v) is 8.66. The molecule has 0 spiro atoms. The van der Waals surface area contributed by atoms with Gasteiger partial charge in [0.25, 0.3) is 0 Å². The predicted octanol–water partition coefficient (Wildman–Crippen LogP) is 1.95. The lowest BCUT2D eigenvalue weighted by atomic mass is 10.1. The fraction of sp³-hybridized carbons (Fsp3) is 0.455. The quantitative estimate of drug-likeness (QED) is 0.859. The highest BCUT2D eigenvalue weighted by Crippen LogP contribution is 2.27. The second-order valence-corrected chi connectivity index (χ2v) is 3.50. The molecule has 2 rings (SSSR count). The highest BCUT2D eigenvalue weighted by molar-refractivity contribution is 5.36. The molecule has 1 atom stereocenters. The summed E-state index contributed by atoms with van der Waals surface area (Å²) in [5, 5.41) is 3.20. The van der Waals surface area contributed by atoms with Crippen LogP contribution in [-0.2, 0) is 4.74 Å². The summed E-state index contributed by atoms with van der Waals surface area (Å²) in [5.74, 6) is 0.209. The van der Waals surface area contributed by atoms with Crippen LogP contribution in [0.2, 0.25) is 0 Å². The van der Waals surface area contributed by atoms with Crippen LogP contribution in [0.25, 0.3) is 0 Å². The first-order chi connectivity index (χ1) is 7.77. The molecule has 1 aliphatic rings. The smallest absolute Gasteiger partial charge is 0.387 e. The van der Waals surface area contributed by atoms with Crippen molar-refractivity contribution in [2.45, 2.75) is 12.7 Å². The summed E-state index contributed by atoms with van der Waals surface area (Å²) in [4.78, 5) is 0. The molecule has 1 heterocycles. The highest BCUT2D eigenvalue weighted by atomic mass is 19.3. The summed E-state index contributed by atoms with van der Waals surface area (Å²) < 4.78 is 34.1. The fourth-order valence-electron chi connectivity index (χ4n) is 1.74. The molecule has 0 amide bonds. The van der Waals surface area contributed by atoms with E-state index in [9.17, 15) is 8.78 Å². The molecule has 1 aromatic rings. The van der Waals surface area contributed by atoms with Crippen LogP contribution in [0.5, 0.6) is 5.75 Å². The van der Waals surface area contributed by atoms with E-state index < -0.39 is 6.61 Å². The van der Waals surface area contributed by atoms with Gasteiger partial charge in [-0.2, -0.15) is 8.78 Å². The number of alkyl halides is 2. The number of benzene rings is 1. The Kier molecular flexibility index (Phi) is 3.69. The van der Waals surface area contributed by atoms with Crippen LogP contribution in [0.3, 0.4) is 0 Å². The predicted molar refractivity (Wildman–Crippen MR) is 54.6 cm³/mol. The molecule has 0 saturated carbocycles. The molecule has 0 aromatic heterocycles.